The van der Waals surface area contributed by atoms with E-state index in [1.54, 1.807) is 18.1 Å². The standard InChI is InChI=1S/C13H13N3OS/c1-16(9-17)13-12(18-7-2-3-8-18)11-10(15-13)5-4-6-14-11/h2-9,15,18H,1H3. The second kappa shape index (κ2) is 4.34. The van der Waals surface area contributed by atoms with E-state index in [0.29, 0.717) is 0 Å². The minimum atomic E-state index is -0.517. The molecule has 4 nitrogen and oxygen atoms in total. The maximum atomic E-state index is 11.0. The largest absolute Gasteiger partial charge is 0.339 e. The normalized spacial score (nSPS) is 15.5. The number of nitrogens with zero attached hydrogens (tertiary/aromatic N) is 2. The molecule has 1 N–H and O–H groups in total. The van der Waals surface area contributed by atoms with Gasteiger partial charge in [0.25, 0.3) is 0 Å². The van der Waals surface area contributed by atoms with Crippen molar-refractivity contribution in [1.29, 1.82) is 0 Å². The van der Waals surface area contributed by atoms with Crippen molar-refractivity contribution in [2.24, 2.45) is 0 Å². The number of H-pyrrole nitrogens is 1. The highest BCUT2D eigenvalue weighted by Crippen LogP contribution is 2.49. The number of anilines is 1. The molecule has 2 aromatic rings. The summed E-state index contributed by atoms with van der Waals surface area (Å²) in [6, 6.07) is 3.87. The van der Waals surface area contributed by atoms with E-state index in [4.69, 9.17) is 0 Å². The minimum Gasteiger partial charge on any atom is -0.339 e. The molecule has 1 aliphatic heterocycles. The summed E-state index contributed by atoms with van der Waals surface area (Å²) >= 11 is 0. The summed E-state index contributed by atoms with van der Waals surface area (Å²) in [4.78, 5) is 21.4. The van der Waals surface area contributed by atoms with E-state index in [1.807, 2.05) is 24.3 Å². The first kappa shape index (κ1) is 11.1. The van der Waals surface area contributed by atoms with Gasteiger partial charge in [-0.3, -0.25) is 9.78 Å². The maximum absolute atomic E-state index is 11.0. The molecule has 0 spiro atoms. The van der Waals surface area contributed by atoms with Crippen LogP contribution >= 0.6 is 10.9 Å². The lowest BCUT2D eigenvalue weighted by atomic mass is 10.4. The van der Waals surface area contributed by atoms with Crippen LogP contribution in [0.5, 0.6) is 0 Å². The molecule has 0 aliphatic carbocycles. The van der Waals surface area contributed by atoms with Crippen molar-refractivity contribution in [2.75, 3.05) is 11.9 Å². The number of carbonyl (C=O) groups excluding carboxylic acids is 1. The van der Waals surface area contributed by atoms with Crippen LogP contribution in [0.2, 0.25) is 0 Å². The van der Waals surface area contributed by atoms with Crippen molar-refractivity contribution in [3.63, 3.8) is 0 Å². The van der Waals surface area contributed by atoms with Crippen molar-refractivity contribution < 1.29 is 4.79 Å². The van der Waals surface area contributed by atoms with Gasteiger partial charge in [-0.15, -0.1) is 0 Å². The maximum Gasteiger partial charge on any atom is 0.215 e. The molecule has 92 valence electrons. The van der Waals surface area contributed by atoms with E-state index in [2.05, 4.69) is 20.8 Å². The predicted molar refractivity (Wildman–Crippen MR) is 76.1 cm³/mol. The van der Waals surface area contributed by atoms with Gasteiger partial charge in [0.15, 0.2) is 0 Å². The number of thiol groups is 1. The van der Waals surface area contributed by atoms with Gasteiger partial charge in [-0.05, 0) is 22.9 Å². The number of carbonyl (C=O) groups is 1. The summed E-state index contributed by atoms with van der Waals surface area (Å²) in [6.45, 7) is 0. The zero-order valence-electron chi connectivity index (χ0n) is 9.87. The predicted octanol–water partition coefficient (Wildman–Crippen LogP) is 2.56. The number of nitrogens with one attached hydrogen (secondary N) is 1. The number of aromatic amines is 1. The smallest absolute Gasteiger partial charge is 0.215 e. The Morgan fingerprint density at radius 3 is 2.89 bits per heavy atom. The van der Waals surface area contributed by atoms with Crippen molar-refractivity contribution >= 4 is 34.2 Å². The third-order valence-electron chi connectivity index (χ3n) is 2.88. The van der Waals surface area contributed by atoms with Gasteiger partial charge < -0.3 is 9.88 Å². The van der Waals surface area contributed by atoms with E-state index in [1.165, 1.54) is 0 Å². The number of hydrogen-bond donors (Lipinski definition) is 2. The SMILES string of the molecule is CN(C=O)c1[nH]c2cccnc2c1[SH]1C=CC=C1. The molecule has 2 aromatic heterocycles. The van der Waals surface area contributed by atoms with Crippen LogP contribution in [-0.4, -0.2) is 23.4 Å². The summed E-state index contributed by atoms with van der Waals surface area (Å²) in [6.07, 6.45) is 6.67. The van der Waals surface area contributed by atoms with Crippen LogP contribution in [0.15, 0.2) is 46.2 Å². The monoisotopic (exact) mass is 259 g/mol. The fourth-order valence-corrected chi connectivity index (χ4v) is 3.88. The Balaban J connectivity index is 2.27. The Morgan fingerprint density at radius 1 is 1.39 bits per heavy atom. The van der Waals surface area contributed by atoms with Crippen molar-refractivity contribution in [1.82, 2.24) is 9.97 Å². The number of aromatic nitrogens is 2. The first-order valence-corrected chi connectivity index (χ1v) is 7.07. The highest BCUT2D eigenvalue weighted by molar-refractivity contribution is 8.22. The van der Waals surface area contributed by atoms with Crippen molar-refractivity contribution in [3.05, 3.63) is 41.3 Å². The zero-order valence-corrected chi connectivity index (χ0v) is 10.8. The lowest BCUT2D eigenvalue weighted by molar-refractivity contribution is -0.107. The first-order chi connectivity index (χ1) is 8.81. The molecular weight excluding hydrogens is 246 g/mol. The molecule has 0 saturated heterocycles. The van der Waals surface area contributed by atoms with E-state index >= 15 is 0 Å². The van der Waals surface area contributed by atoms with Gasteiger partial charge in [0, 0.05) is 13.2 Å². The highest BCUT2D eigenvalue weighted by atomic mass is 32.2. The molecule has 0 unspecified atom stereocenters. The summed E-state index contributed by atoms with van der Waals surface area (Å²) in [5.74, 6) is 0.834. The Labute approximate surface area is 107 Å². The van der Waals surface area contributed by atoms with Crippen LogP contribution in [0.3, 0.4) is 0 Å². The van der Waals surface area contributed by atoms with Crippen LogP contribution in [0, 0.1) is 0 Å². The summed E-state index contributed by atoms with van der Waals surface area (Å²) < 4.78 is 0. The fourth-order valence-electron chi connectivity index (χ4n) is 2.03. The van der Waals surface area contributed by atoms with Crippen LogP contribution in [-0.2, 0) is 4.79 Å². The number of pyridine rings is 1. The molecule has 0 atom stereocenters. The Morgan fingerprint density at radius 2 is 2.17 bits per heavy atom. The molecule has 0 aromatic carbocycles. The second-order valence-electron chi connectivity index (χ2n) is 4.03. The van der Waals surface area contributed by atoms with Gasteiger partial charge in [-0.2, -0.15) is 10.9 Å². The van der Waals surface area contributed by atoms with Crippen molar-refractivity contribution in [2.45, 2.75) is 4.90 Å². The van der Waals surface area contributed by atoms with E-state index in [-0.39, 0.29) is 0 Å². The van der Waals surface area contributed by atoms with Gasteiger partial charge in [-0.25, -0.2) is 0 Å². The summed E-state index contributed by atoms with van der Waals surface area (Å²) in [5, 5.41) is 4.32. The molecule has 1 aliphatic rings. The van der Waals surface area contributed by atoms with Crippen LogP contribution in [0.1, 0.15) is 0 Å². The Bertz CT molecular complexity index is 647. The average Bonchev–Trinajstić information content (AvgIpc) is 3.03. The molecule has 5 heteroatoms. The second-order valence-corrected chi connectivity index (χ2v) is 5.89. The lowest BCUT2D eigenvalue weighted by Gasteiger charge is -2.16. The number of rotatable bonds is 3. The van der Waals surface area contributed by atoms with Crippen LogP contribution in [0.4, 0.5) is 5.82 Å². The van der Waals surface area contributed by atoms with E-state index in [0.717, 1.165) is 28.2 Å². The summed E-state index contributed by atoms with van der Waals surface area (Å²) in [7, 11) is 1.23. The Kier molecular flexibility index (Phi) is 2.68. The molecule has 18 heavy (non-hydrogen) atoms. The topological polar surface area (TPSA) is 49.0 Å². The molecule has 0 saturated carbocycles. The summed E-state index contributed by atoms with van der Waals surface area (Å²) in [5.41, 5.74) is 1.91. The minimum absolute atomic E-state index is 0.517. The van der Waals surface area contributed by atoms with E-state index < -0.39 is 10.9 Å². The van der Waals surface area contributed by atoms with E-state index in [9.17, 15) is 4.79 Å². The zero-order chi connectivity index (χ0) is 12.5. The number of allylic oxidation sites excluding steroid dienone is 2. The lowest BCUT2D eigenvalue weighted by Crippen LogP contribution is -2.15. The molecule has 3 heterocycles. The fraction of sp³-hybridized carbons (Fsp3) is 0.0769. The van der Waals surface area contributed by atoms with Gasteiger partial charge >= 0.3 is 0 Å². The third kappa shape index (κ3) is 1.64. The van der Waals surface area contributed by atoms with Crippen LogP contribution < -0.4 is 4.90 Å². The molecular formula is C13H13N3OS. The average molecular weight is 259 g/mol. The number of fused-ring (bicyclic) bond motifs is 1. The van der Waals surface area contributed by atoms with Crippen LogP contribution in [0.25, 0.3) is 11.0 Å². The highest BCUT2D eigenvalue weighted by Gasteiger charge is 2.19. The van der Waals surface area contributed by atoms with Crippen molar-refractivity contribution in [3.8, 4) is 0 Å². The quantitative estimate of drug-likeness (QED) is 0.657. The molecule has 1 amide bonds. The number of hydrogen-bond acceptors (Lipinski definition) is 2. The molecule has 0 bridgehead atoms. The van der Waals surface area contributed by atoms with Gasteiger partial charge in [0.05, 0.1) is 10.4 Å². The Hall–Kier alpha value is -2.01. The third-order valence-corrected chi connectivity index (χ3v) is 4.81. The number of amides is 1. The molecule has 0 radical (unpaired) electrons. The molecule has 0 fully saturated rings. The van der Waals surface area contributed by atoms with Gasteiger partial charge in [0.2, 0.25) is 6.41 Å². The first-order valence-electron chi connectivity index (χ1n) is 5.59. The van der Waals surface area contributed by atoms with Gasteiger partial charge in [-0.1, -0.05) is 12.2 Å². The molecule has 3 rings (SSSR count). The van der Waals surface area contributed by atoms with Gasteiger partial charge in [0.1, 0.15) is 11.3 Å².